The lowest BCUT2D eigenvalue weighted by Crippen LogP contribution is -1.99. The van der Waals surface area contributed by atoms with Gasteiger partial charge in [0.1, 0.15) is 0 Å². The maximum Gasteiger partial charge on any atom is -0.00143 e. The summed E-state index contributed by atoms with van der Waals surface area (Å²) in [6.07, 6.45) is 74.5. The van der Waals surface area contributed by atoms with Crippen molar-refractivity contribution in [2.75, 3.05) is 0 Å². The van der Waals surface area contributed by atoms with Crippen LogP contribution in [0.25, 0.3) is 55.6 Å². The molecular formula is C96H146. The van der Waals surface area contributed by atoms with Gasteiger partial charge in [-0.15, -0.1) is 0 Å². The normalized spacial score (nSPS) is 11.6. The van der Waals surface area contributed by atoms with Gasteiger partial charge < -0.3 is 0 Å². The molecular weight excluding hydrogens is 1150 g/mol. The Labute approximate surface area is 595 Å². The van der Waals surface area contributed by atoms with E-state index in [0.717, 1.165) is 32.1 Å². The van der Waals surface area contributed by atoms with Crippen LogP contribution in [0.5, 0.6) is 0 Å². The summed E-state index contributed by atoms with van der Waals surface area (Å²) in [6.45, 7) is 11.6. The summed E-state index contributed by atoms with van der Waals surface area (Å²) in [5.41, 5.74) is 20.8. The maximum absolute atomic E-state index is 2.64. The molecule has 6 rings (SSSR count). The van der Waals surface area contributed by atoms with Crippen LogP contribution in [0.15, 0.2) is 127 Å². The Balaban J connectivity index is 1.38. The minimum absolute atomic E-state index is 1.15. The summed E-state index contributed by atoms with van der Waals surface area (Å²) in [5, 5.41) is 0. The molecule has 0 aliphatic heterocycles. The molecule has 6 aromatic rings. The number of unbranched alkanes of at least 4 members (excludes halogenated alkanes) is 45. The van der Waals surface area contributed by atoms with Crippen LogP contribution in [0.2, 0.25) is 0 Å². The van der Waals surface area contributed by atoms with E-state index >= 15 is 0 Å². The number of benzene rings is 6. The van der Waals surface area contributed by atoms with Crippen LogP contribution in [0.3, 0.4) is 0 Å². The molecule has 0 nitrogen and oxygen atoms in total. The van der Waals surface area contributed by atoms with E-state index in [1.807, 2.05) is 0 Å². The van der Waals surface area contributed by atoms with Crippen LogP contribution in [0.1, 0.15) is 383 Å². The van der Waals surface area contributed by atoms with Gasteiger partial charge in [0.25, 0.3) is 0 Å². The van der Waals surface area contributed by atoms with E-state index in [1.54, 1.807) is 0 Å². The second-order valence-electron chi connectivity index (χ2n) is 30.2. The number of hydrogen-bond acceptors (Lipinski definition) is 0. The van der Waals surface area contributed by atoms with E-state index < -0.39 is 0 Å². The lowest BCUT2D eigenvalue weighted by atomic mass is 9.78. The van der Waals surface area contributed by atoms with Gasteiger partial charge in [0, 0.05) is 0 Å². The molecule has 0 unspecified atom stereocenters. The lowest BCUT2D eigenvalue weighted by molar-refractivity contribution is 0.556. The smallest absolute Gasteiger partial charge is 0.00143 e. The predicted molar refractivity (Wildman–Crippen MR) is 431 cm³/mol. The average molecular weight is 1300 g/mol. The average Bonchev–Trinajstić information content (AvgIpc) is 0.738. The van der Waals surface area contributed by atoms with Crippen molar-refractivity contribution in [3.63, 3.8) is 0 Å². The fourth-order valence-corrected chi connectivity index (χ4v) is 15.3. The first kappa shape index (κ1) is 80.3. The fraction of sp³-hybridized carbons (Fsp3) is 0.625. The first-order valence-electron chi connectivity index (χ1n) is 42.2. The highest BCUT2D eigenvalue weighted by Crippen LogP contribution is 2.51. The zero-order chi connectivity index (χ0) is 67.4. The Morgan fingerprint density at radius 1 is 0.146 bits per heavy atom. The van der Waals surface area contributed by atoms with Gasteiger partial charge in [0.2, 0.25) is 0 Å². The molecule has 0 saturated carbocycles. The molecule has 96 heavy (non-hydrogen) atoms. The first-order valence-corrected chi connectivity index (χ1v) is 42.2. The summed E-state index contributed by atoms with van der Waals surface area (Å²) >= 11 is 0. The zero-order valence-electron chi connectivity index (χ0n) is 63.5. The van der Waals surface area contributed by atoms with Crippen LogP contribution in [-0.4, -0.2) is 0 Å². The van der Waals surface area contributed by atoms with E-state index in [1.165, 1.54) is 404 Å². The third-order valence-corrected chi connectivity index (χ3v) is 21.7. The third kappa shape index (κ3) is 33.0. The van der Waals surface area contributed by atoms with Crippen LogP contribution >= 0.6 is 0 Å². The Morgan fingerprint density at radius 2 is 0.292 bits per heavy atom. The van der Waals surface area contributed by atoms with Crippen molar-refractivity contribution in [1.29, 1.82) is 0 Å². The molecule has 0 saturated heterocycles. The largest absolute Gasteiger partial charge is 0.0654 e. The molecule has 0 heteroatoms. The third-order valence-electron chi connectivity index (χ3n) is 21.7. The summed E-state index contributed by atoms with van der Waals surface area (Å²) in [4.78, 5) is 0. The molecule has 0 amide bonds. The highest BCUT2D eigenvalue weighted by Gasteiger charge is 2.25. The molecule has 0 radical (unpaired) electrons. The van der Waals surface area contributed by atoms with E-state index in [0.29, 0.717) is 0 Å². The Bertz CT molecular complexity index is 2610. The van der Waals surface area contributed by atoms with Gasteiger partial charge in [-0.3, -0.25) is 0 Å². The predicted octanol–water partition coefficient (Wildman–Crippen LogP) is 32.3. The van der Waals surface area contributed by atoms with E-state index in [9.17, 15) is 0 Å². The van der Waals surface area contributed by atoms with Crippen molar-refractivity contribution in [3.05, 3.63) is 155 Å². The van der Waals surface area contributed by atoms with Gasteiger partial charge >= 0.3 is 0 Å². The van der Waals surface area contributed by atoms with E-state index in [-0.39, 0.29) is 0 Å². The van der Waals surface area contributed by atoms with Crippen LogP contribution < -0.4 is 0 Å². The van der Waals surface area contributed by atoms with Crippen LogP contribution in [0, 0.1) is 0 Å². The van der Waals surface area contributed by atoms with Gasteiger partial charge in [-0.05, 0) is 154 Å². The fourth-order valence-electron chi connectivity index (χ4n) is 15.3. The second-order valence-corrected chi connectivity index (χ2v) is 30.2. The molecule has 0 aliphatic carbocycles. The van der Waals surface area contributed by atoms with Crippen molar-refractivity contribution in [3.8, 4) is 55.6 Å². The molecule has 0 atom stereocenters. The van der Waals surface area contributed by atoms with Gasteiger partial charge in [-0.2, -0.15) is 0 Å². The molecule has 0 fully saturated rings. The molecule has 0 bridgehead atoms. The Hall–Kier alpha value is -4.68. The van der Waals surface area contributed by atoms with Gasteiger partial charge in [0.15, 0.2) is 0 Å². The van der Waals surface area contributed by atoms with Crippen molar-refractivity contribution in [2.24, 2.45) is 0 Å². The second kappa shape index (κ2) is 53.3. The Kier molecular flexibility index (Phi) is 44.5. The highest BCUT2D eigenvalue weighted by atomic mass is 14.3. The van der Waals surface area contributed by atoms with E-state index in [4.69, 9.17) is 0 Å². The maximum atomic E-state index is 2.64. The number of rotatable bonds is 60. The van der Waals surface area contributed by atoms with Gasteiger partial charge in [-0.25, -0.2) is 0 Å². The van der Waals surface area contributed by atoms with Gasteiger partial charge in [0.05, 0.1) is 0 Å². The minimum Gasteiger partial charge on any atom is -0.0654 e. The first-order chi connectivity index (χ1) is 47.6. The topological polar surface area (TPSA) is 0 Å². The van der Waals surface area contributed by atoms with Crippen molar-refractivity contribution in [2.45, 2.75) is 388 Å². The number of hydrogen-bond donors (Lipinski definition) is 0. The Morgan fingerprint density at radius 3 is 0.469 bits per heavy atom. The molecule has 0 aliphatic rings. The van der Waals surface area contributed by atoms with Crippen LogP contribution in [0.4, 0.5) is 0 Å². The zero-order valence-corrected chi connectivity index (χ0v) is 63.5. The van der Waals surface area contributed by atoms with Crippen molar-refractivity contribution < 1.29 is 0 Å². The number of aryl methyl sites for hydroxylation is 5. The molecule has 530 valence electrons. The molecule has 0 spiro atoms. The van der Waals surface area contributed by atoms with Crippen LogP contribution in [-0.2, 0) is 32.1 Å². The SMILES string of the molecule is CCCCCCCCCCCCc1ccc(-c2cc(-c3ccc(CCCCCCCCCCCC)cc3)c(-c3ccc(CCCCCCCCCCCC)cc3)c(-c3ccc(CCCCCCCCCCCC)cc3)c2-c2ccc(CCCCCCCCCCCC)cc2)cc1. The summed E-state index contributed by atoms with van der Waals surface area (Å²) in [6, 6.07) is 52.6. The van der Waals surface area contributed by atoms with E-state index in [2.05, 4.69) is 162 Å². The van der Waals surface area contributed by atoms with Gasteiger partial charge in [-0.1, -0.05) is 445 Å². The molecule has 6 aromatic carbocycles. The lowest BCUT2D eigenvalue weighted by Gasteiger charge is -2.25. The monoisotopic (exact) mass is 1300 g/mol. The van der Waals surface area contributed by atoms with Crippen molar-refractivity contribution in [1.82, 2.24) is 0 Å². The minimum atomic E-state index is 1.15. The summed E-state index contributed by atoms with van der Waals surface area (Å²) in [5.74, 6) is 0. The highest BCUT2D eigenvalue weighted by molar-refractivity contribution is 6.07. The van der Waals surface area contributed by atoms with Crippen molar-refractivity contribution >= 4 is 0 Å². The summed E-state index contributed by atoms with van der Waals surface area (Å²) in [7, 11) is 0. The summed E-state index contributed by atoms with van der Waals surface area (Å²) < 4.78 is 0. The molecule has 0 heterocycles. The standard InChI is InChI=1S/C96H146/c1-6-11-16-21-26-31-36-41-46-51-56-82-61-71-87(72-62-82)92-81-93(88-73-63-83(64-74-88)57-52-47-42-37-32-27-22-17-12-7-2)95(90-77-67-85(68-78-90)59-54-49-44-39-34-29-24-19-14-9-4)96(91-79-69-86(70-80-91)60-55-50-45-40-35-30-25-20-15-10-5)94(92)89-75-65-84(66-76-89)58-53-48-43-38-33-28-23-18-13-8-3/h61-81H,6-60H2,1-5H3. The molecule has 0 N–H and O–H groups in total. The quantitative estimate of drug-likeness (QED) is 0.0334. The molecule has 0 aromatic heterocycles.